The predicted molar refractivity (Wildman–Crippen MR) is 325 cm³/mol. The second kappa shape index (κ2) is 48.4. The Labute approximate surface area is 457 Å². The Morgan fingerprint density at radius 3 is 0.362 bits per heavy atom. The molecule has 69 heavy (non-hydrogen) atoms. The van der Waals surface area contributed by atoms with Gasteiger partial charge in [-0.2, -0.15) is 0 Å². The number of hydrogen-bond acceptors (Lipinski definition) is 4. The summed E-state index contributed by atoms with van der Waals surface area (Å²) in [6.45, 7) is 29.2. The van der Waals surface area contributed by atoms with Crippen LogP contribution in [0, 0.1) is 0 Å². The van der Waals surface area contributed by atoms with Gasteiger partial charge >= 0.3 is 463 Å². The number of hydrogen-bond donors (Lipinski definition) is 0. The van der Waals surface area contributed by atoms with Crippen LogP contribution in [0.1, 0.15) is 314 Å². The molecular weight excluding hydrogens is 1290 g/mol. The standard InChI is InChI=1S/12C5H11.O4Si.4Sn/c12*1-3-5-4-2;1-5(2,3)4;;;;/h12*1,3-5H2,2H3;;;;;/q;;;;;;;;;;;;-4;4*+1. The molecule has 0 amide bonds. The molecule has 416 valence electrons. The summed E-state index contributed by atoms with van der Waals surface area (Å²) in [6, 6.07) is 0. The van der Waals surface area contributed by atoms with Crippen LogP contribution < -0.4 is 0 Å². The Hall–Kier alpha value is 3.25. The van der Waals surface area contributed by atoms with Crippen molar-refractivity contribution in [2.45, 2.75) is 367 Å². The molecule has 0 saturated carbocycles. The van der Waals surface area contributed by atoms with E-state index in [1.807, 2.05) is 0 Å². The molecule has 0 radical (unpaired) electrons. The van der Waals surface area contributed by atoms with E-state index >= 15 is 0 Å². The van der Waals surface area contributed by atoms with Gasteiger partial charge in [-0.1, -0.05) is 0 Å². The molecule has 4 nitrogen and oxygen atoms in total. The van der Waals surface area contributed by atoms with Crippen molar-refractivity contribution in [2.75, 3.05) is 0 Å². The molecule has 0 aromatic rings. The van der Waals surface area contributed by atoms with Gasteiger partial charge in [0.25, 0.3) is 0 Å². The molecule has 0 aliphatic rings. The summed E-state index contributed by atoms with van der Waals surface area (Å²) < 4.78 is 53.0. The fourth-order valence-corrected chi connectivity index (χ4v) is 99.6. The number of rotatable bonds is 56. The zero-order valence-electron chi connectivity index (χ0n) is 50.1. The van der Waals surface area contributed by atoms with Crippen LogP contribution >= 0.6 is 0 Å². The molecule has 0 aliphatic heterocycles. The van der Waals surface area contributed by atoms with Gasteiger partial charge in [-0.15, -0.1) is 0 Å². The van der Waals surface area contributed by atoms with Gasteiger partial charge in [-0.05, 0) is 0 Å². The first-order valence-electron chi connectivity index (χ1n) is 32.4. The van der Waals surface area contributed by atoms with Gasteiger partial charge in [0, 0.05) is 0 Å². The summed E-state index contributed by atoms with van der Waals surface area (Å²) in [5.41, 5.74) is 0. The van der Waals surface area contributed by atoms with Crippen molar-refractivity contribution in [3.05, 3.63) is 0 Å². The Bertz CT molecular complexity index is 812. The van der Waals surface area contributed by atoms with Crippen LogP contribution in [0.5, 0.6) is 0 Å². The first kappa shape index (κ1) is 72.3. The van der Waals surface area contributed by atoms with Gasteiger partial charge in [-0.25, -0.2) is 0 Å². The van der Waals surface area contributed by atoms with Crippen LogP contribution in [-0.2, 0) is 11.1 Å². The minimum atomic E-state index is -3.69. The predicted octanol–water partition coefficient (Wildman–Crippen LogP) is 23.6. The normalized spacial score (nSPS) is 13.0. The maximum atomic E-state index is 9.13. The summed E-state index contributed by atoms with van der Waals surface area (Å²) in [4.78, 5) is 0. The second-order valence-corrected chi connectivity index (χ2v) is 76.1. The maximum absolute atomic E-state index is 9.13. The SMILES string of the molecule is CCCC[CH2][Sn]([CH2]CCCC)([CH2]CCCC)[O][Si]([O][Sn]([CH2]CCCC)([CH2]CCCC)[CH2]CCCC)([O][Sn]([CH2]CCCC)([CH2]CCCC)[CH2]CCCC)[O][Sn]([CH2]CCCC)([CH2]CCCC)[CH2]CCCC. The summed E-state index contributed by atoms with van der Waals surface area (Å²) in [6.07, 6.45) is 47.9. The van der Waals surface area contributed by atoms with E-state index < -0.39 is 84.2 Å². The molecular formula is C60H132O4SiSn4. The zero-order chi connectivity index (χ0) is 51.3. The van der Waals surface area contributed by atoms with Crippen LogP contribution in [-0.4, -0.2) is 84.2 Å². The van der Waals surface area contributed by atoms with Crippen molar-refractivity contribution in [3.63, 3.8) is 0 Å². The van der Waals surface area contributed by atoms with Crippen LogP contribution in [0.25, 0.3) is 0 Å². The van der Waals surface area contributed by atoms with E-state index in [0.29, 0.717) is 0 Å². The van der Waals surface area contributed by atoms with Crippen LogP contribution in [0.3, 0.4) is 0 Å². The third-order valence-electron chi connectivity index (χ3n) is 16.2. The molecule has 0 saturated heterocycles. The molecule has 9 heteroatoms. The monoisotopic (exact) mass is 1420 g/mol. The molecule has 0 aromatic carbocycles. The van der Waals surface area contributed by atoms with Gasteiger partial charge in [0.05, 0.1) is 0 Å². The third kappa shape index (κ3) is 34.7. The Morgan fingerprint density at radius 1 is 0.174 bits per heavy atom. The summed E-state index contributed by atoms with van der Waals surface area (Å²) in [5.74, 6) is 0. The van der Waals surface area contributed by atoms with Crippen molar-refractivity contribution >= 4 is 84.2 Å². The first-order valence-corrected chi connectivity index (χ1v) is 62.9. The average Bonchev–Trinajstić information content (AvgIpc) is 3.32. The fraction of sp³-hybridized carbons (Fsp3) is 1.00. The third-order valence-corrected chi connectivity index (χ3v) is 85.6. The summed E-state index contributed by atoms with van der Waals surface area (Å²) >= 11 is -14.0. The Kier molecular flexibility index (Phi) is 50.7. The summed E-state index contributed by atoms with van der Waals surface area (Å²) in [7, 11) is -3.69. The van der Waals surface area contributed by atoms with E-state index in [4.69, 9.17) is 11.1 Å². The van der Waals surface area contributed by atoms with E-state index in [2.05, 4.69) is 83.1 Å². The molecule has 0 spiro atoms. The quantitative estimate of drug-likeness (QED) is 0.0449. The van der Waals surface area contributed by atoms with E-state index in [-0.39, 0.29) is 0 Å². The molecule has 0 rings (SSSR count). The van der Waals surface area contributed by atoms with Crippen molar-refractivity contribution in [3.8, 4) is 0 Å². The van der Waals surface area contributed by atoms with Crippen molar-refractivity contribution in [1.82, 2.24) is 0 Å². The second-order valence-electron chi connectivity index (χ2n) is 23.1. The van der Waals surface area contributed by atoms with Gasteiger partial charge in [-0.3, -0.25) is 0 Å². The van der Waals surface area contributed by atoms with Gasteiger partial charge < -0.3 is 0 Å². The zero-order valence-corrected chi connectivity index (χ0v) is 62.5. The van der Waals surface area contributed by atoms with Crippen LogP contribution in [0.15, 0.2) is 0 Å². The number of unbranched alkanes of at least 4 members (excludes halogenated alkanes) is 24. The fourth-order valence-electron chi connectivity index (χ4n) is 11.7. The van der Waals surface area contributed by atoms with Crippen LogP contribution in [0.4, 0.5) is 0 Å². The molecule has 0 N–H and O–H groups in total. The van der Waals surface area contributed by atoms with E-state index in [9.17, 15) is 0 Å². The van der Waals surface area contributed by atoms with E-state index in [0.717, 1.165) is 0 Å². The van der Waals surface area contributed by atoms with Crippen molar-refractivity contribution < 1.29 is 11.1 Å². The molecule has 0 fully saturated rings. The molecule has 0 unspecified atom stereocenters. The molecule has 0 aromatic heterocycles. The van der Waals surface area contributed by atoms with Gasteiger partial charge in [0.15, 0.2) is 0 Å². The van der Waals surface area contributed by atoms with Crippen molar-refractivity contribution in [2.24, 2.45) is 0 Å². The Balaban J connectivity index is 9.39. The minimum absolute atomic E-state index is 1.29. The molecule has 0 atom stereocenters. The van der Waals surface area contributed by atoms with Gasteiger partial charge in [0.1, 0.15) is 0 Å². The first-order chi connectivity index (χ1) is 33.6. The molecule has 0 aliphatic carbocycles. The van der Waals surface area contributed by atoms with E-state index in [1.54, 1.807) is 0 Å². The molecule has 0 bridgehead atoms. The molecule has 0 heterocycles. The van der Waals surface area contributed by atoms with Gasteiger partial charge in [0.2, 0.25) is 0 Å². The average molecular weight is 1420 g/mol. The van der Waals surface area contributed by atoms with Crippen molar-refractivity contribution in [1.29, 1.82) is 0 Å². The summed E-state index contributed by atoms with van der Waals surface area (Å²) in [5, 5.41) is 0. The van der Waals surface area contributed by atoms with Crippen LogP contribution in [0.2, 0.25) is 53.2 Å². The topological polar surface area (TPSA) is 36.9 Å². The van der Waals surface area contributed by atoms with E-state index in [1.165, 1.54) is 284 Å². The Morgan fingerprint density at radius 2 is 0.275 bits per heavy atom.